The van der Waals surface area contributed by atoms with E-state index in [1.54, 1.807) is 72.9 Å². The molecular formula is C30H31Cl2N5O5. The molecule has 10 nitrogen and oxygen atoms in total. The van der Waals surface area contributed by atoms with Gasteiger partial charge in [-0.05, 0) is 18.1 Å². The van der Waals surface area contributed by atoms with Gasteiger partial charge < -0.3 is 15.8 Å². The van der Waals surface area contributed by atoms with Crippen LogP contribution in [0.2, 0.25) is 0 Å². The first-order valence-electron chi connectivity index (χ1n) is 12.8. The van der Waals surface area contributed by atoms with Crippen LogP contribution in [0.3, 0.4) is 0 Å². The number of nitrogens with two attached hydrogens (primary N) is 1. The zero-order chi connectivity index (χ0) is 28.3. The molecule has 0 spiro atoms. The van der Waals surface area contributed by atoms with E-state index in [9.17, 15) is 19.2 Å². The lowest BCUT2D eigenvalue weighted by Gasteiger charge is -2.19. The monoisotopic (exact) mass is 611 g/mol. The minimum Gasteiger partial charge on any atom is -0.478 e. The average molecular weight is 613 g/mol. The molecule has 2 aromatic carbocycles. The molecule has 1 atom stereocenters. The summed E-state index contributed by atoms with van der Waals surface area (Å²) in [5, 5.41) is 2.66. The first-order valence-corrected chi connectivity index (χ1v) is 12.8. The van der Waals surface area contributed by atoms with Crippen molar-refractivity contribution in [2.45, 2.75) is 31.8 Å². The standard InChI is InChI=1S/C30H29N5O5.2ClH/c31-23-19-33-29(22-12-5-2-6-13-22)35(30(23)39)20-26(37)34-24(18-21-10-3-1-4-11-21)28(38)25(36)14-9-17-40-27-15-7-8-16-32-27;;/h1-8,10-13,15-16,19,24H,9,14,17-18,20,31H2,(H,34,37);2*1H. The Labute approximate surface area is 255 Å². The molecule has 3 N–H and O–H groups in total. The number of anilines is 1. The van der Waals surface area contributed by atoms with Crippen LogP contribution < -0.4 is 21.3 Å². The third-order valence-electron chi connectivity index (χ3n) is 6.05. The van der Waals surface area contributed by atoms with Crippen molar-refractivity contribution < 1.29 is 19.1 Å². The lowest BCUT2D eigenvalue weighted by atomic mass is 9.98. The Bertz CT molecular complexity index is 1520. The third-order valence-corrected chi connectivity index (χ3v) is 6.05. The molecule has 12 heteroatoms. The highest BCUT2D eigenvalue weighted by Gasteiger charge is 2.27. The Balaban J connectivity index is 0.00000308. The summed E-state index contributed by atoms with van der Waals surface area (Å²) in [6.45, 7) is -0.231. The summed E-state index contributed by atoms with van der Waals surface area (Å²) in [5.41, 5.74) is 6.47. The van der Waals surface area contributed by atoms with E-state index in [0.29, 0.717) is 17.9 Å². The molecule has 4 rings (SSSR count). The van der Waals surface area contributed by atoms with E-state index in [1.165, 1.54) is 6.20 Å². The van der Waals surface area contributed by atoms with Gasteiger partial charge in [-0.15, -0.1) is 24.8 Å². The number of ketones is 2. The lowest BCUT2D eigenvalue weighted by molar-refractivity contribution is -0.139. The molecular weight excluding hydrogens is 581 g/mol. The molecule has 2 heterocycles. The van der Waals surface area contributed by atoms with Crippen LogP contribution in [0.4, 0.5) is 5.69 Å². The summed E-state index contributed by atoms with van der Waals surface area (Å²) in [4.78, 5) is 60.3. The molecule has 2 aromatic heterocycles. The van der Waals surface area contributed by atoms with Crippen molar-refractivity contribution in [3.63, 3.8) is 0 Å². The van der Waals surface area contributed by atoms with E-state index in [1.807, 2.05) is 12.1 Å². The minimum atomic E-state index is -1.12. The number of hydrogen-bond acceptors (Lipinski definition) is 8. The molecule has 0 aliphatic carbocycles. The first kappa shape index (κ1) is 33.7. The number of nitrogen functional groups attached to an aromatic ring is 1. The van der Waals surface area contributed by atoms with Crippen LogP contribution in [0.15, 0.2) is 96.1 Å². The maximum Gasteiger partial charge on any atom is 0.277 e. The van der Waals surface area contributed by atoms with Gasteiger partial charge in [-0.3, -0.25) is 23.7 Å². The minimum absolute atomic E-state index is 0. The molecule has 0 bridgehead atoms. The Kier molecular flexibility index (Phi) is 13.4. The Morgan fingerprint density at radius 1 is 0.905 bits per heavy atom. The number of nitrogens with zero attached hydrogens (tertiary/aromatic N) is 3. The molecule has 0 aliphatic rings. The molecule has 42 heavy (non-hydrogen) atoms. The van der Waals surface area contributed by atoms with Gasteiger partial charge >= 0.3 is 0 Å². The molecule has 0 aliphatic heterocycles. The van der Waals surface area contributed by atoms with Crippen molar-refractivity contribution in [2.75, 3.05) is 12.3 Å². The highest BCUT2D eigenvalue weighted by molar-refractivity contribution is 6.39. The SMILES string of the molecule is Cl.Cl.Nc1cnc(-c2ccccc2)n(CC(=O)NC(Cc2ccccc2)C(=O)C(=O)CCCOc2ccccn2)c1=O. The van der Waals surface area contributed by atoms with Crippen LogP contribution in [0.25, 0.3) is 11.4 Å². The number of halogens is 2. The summed E-state index contributed by atoms with van der Waals surface area (Å²) >= 11 is 0. The second-order valence-electron chi connectivity index (χ2n) is 9.01. The van der Waals surface area contributed by atoms with E-state index >= 15 is 0 Å². The maximum absolute atomic E-state index is 13.2. The number of ether oxygens (including phenoxy) is 1. The number of carbonyl (C=O) groups excluding carboxylic acids is 3. The molecule has 1 amide bonds. The van der Waals surface area contributed by atoms with Crippen LogP contribution >= 0.6 is 24.8 Å². The Morgan fingerprint density at radius 2 is 1.57 bits per heavy atom. The third kappa shape index (κ3) is 9.25. The summed E-state index contributed by atoms with van der Waals surface area (Å²) in [5.74, 6) is -1.30. The van der Waals surface area contributed by atoms with E-state index < -0.39 is 35.6 Å². The summed E-state index contributed by atoms with van der Waals surface area (Å²) in [6, 6.07) is 22.1. The fraction of sp³-hybridized carbons (Fsp3) is 0.200. The topological polar surface area (TPSA) is 146 Å². The maximum atomic E-state index is 13.2. The number of rotatable bonds is 13. The van der Waals surface area contributed by atoms with Crippen LogP contribution in [-0.4, -0.2) is 44.7 Å². The molecule has 0 saturated carbocycles. The number of Topliss-reactive ketones (excluding diaryl/α,β-unsaturated/α-hetero) is 2. The van der Waals surface area contributed by atoms with Gasteiger partial charge in [0.2, 0.25) is 23.4 Å². The van der Waals surface area contributed by atoms with E-state index in [0.717, 1.165) is 10.1 Å². The molecule has 4 aromatic rings. The van der Waals surface area contributed by atoms with Crippen LogP contribution in [-0.2, 0) is 27.3 Å². The van der Waals surface area contributed by atoms with Gasteiger partial charge in [0.15, 0.2) is 0 Å². The van der Waals surface area contributed by atoms with Gasteiger partial charge in [0.25, 0.3) is 5.56 Å². The van der Waals surface area contributed by atoms with E-state index in [4.69, 9.17) is 10.5 Å². The lowest BCUT2D eigenvalue weighted by Crippen LogP contribution is -2.47. The zero-order valence-corrected chi connectivity index (χ0v) is 24.2. The molecule has 220 valence electrons. The van der Waals surface area contributed by atoms with Crippen molar-refractivity contribution in [2.24, 2.45) is 0 Å². The number of pyridine rings is 1. The number of hydrogen-bond donors (Lipinski definition) is 2. The number of amides is 1. The van der Waals surface area contributed by atoms with Gasteiger partial charge in [-0.25, -0.2) is 9.97 Å². The predicted octanol–water partition coefficient (Wildman–Crippen LogP) is 3.46. The summed E-state index contributed by atoms with van der Waals surface area (Å²) in [7, 11) is 0. The quantitative estimate of drug-likeness (QED) is 0.173. The number of benzene rings is 2. The average Bonchev–Trinajstić information content (AvgIpc) is 2.98. The fourth-order valence-corrected chi connectivity index (χ4v) is 4.07. The second kappa shape index (κ2) is 16.7. The zero-order valence-electron chi connectivity index (χ0n) is 22.5. The summed E-state index contributed by atoms with van der Waals surface area (Å²) in [6.07, 6.45) is 3.20. The van der Waals surface area contributed by atoms with Crippen molar-refractivity contribution >= 4 is 48.0 Å². The Morgan fingerprint density at radius 3 is 2.24 bits per heavy atom. The largest absolute Gasteiger partial charge is 0.478 e. The van der Waals surface area contributed by atoms with Gasteiger partial charge in [-0.1, -0.05) is 66.7 Å². The highest BCUT2D eigenvalue weighted by Crippen LogP contribution is 2.16. The molecule has 1 unspecified atom stereocenters. The molecule has 0 radical (unpaired) electrons. The Hall–Kier alpha value is -4.54. The first-order chi connectivity index (χ1) is 19.4. The van der Waals surface area contributed by atoms with E-state index in [2.05, 4.69) is 15.3 Å². The fourth-order valence-electron chi connectivity index (χ4n) is 4.07. The number of nitrogens with one attached hydrogen (secondary N) is 1. The normalized spacial score (nSPS) is 10.9. The van der Waals surface area contributed by atoms with Gasteiger partial charge in [0, 0.05) is 30.7 Å². The predicted molar refractivity (Wildman–Crippen MR) is 164 cm³/mol. The van der Waals surface area contributed by atoms with Crippen LogP contribution in [0.5, 0.6) is 5.88 Å². The van der Waals surface area contributed by atoms with Crippen molar-refractivity contribution in [1.82, 2.24) is 19.9 Å². The van der Waals surface area contributed by atoms with Gasteiger partial charge in [-0.2, -0.15) is 0 Å². The van der Waals surface area contributed by atoms with Gasteiger partial charge in [0.1, 0.15) is 18.1 Å². The molecule has 0 saturated heterocycles. The highest BCUT2D eigenvalue weighted by atomic mass is 35.5. The smallest absolute Gasteiger partial charge is 0.277 e. The molecule has 0 fully saturated rings. The van der Waals surface area contributed by atoms with Crippen molar-refractivity contribution in [1.29, 1.82) is 0 Å². The second-order valence-corrected chi connectivity index (χ2v) is 9.01. The van der Waals surface area contributed by atoms with Crippen LogP contribution in [0.1, 0.15) is 18.4 Å². The summed E-state index contributed by atoms with van der Waals surface area (Å²) < 4.78 is 6.65. The van der Waals surface area contributed by atoms with Gasteiger partial charge in [0.05, 0.1) is 18.8 Å². The van der Waals surface area contributed by atoms with E-state index in [-0.39, 0.29) is 55.8 Å². The van der Waals surface area contributed by atoms with Crippen molar-refractivity contribution in [3.8, 4) is 17.3 Å². The number of carbonyl (C=O) groups is 3. The van der Waals surface area contributed by atoms with Crippen molar-refractivity contribution in [3.05, 3.63) is 107 Å². The number of aromatic nitrogens is 3. The van der Waals surface area contributed by atoms with Crippen LogP contribution in [0, 0.1) is 0 Å².